The molecular weight excluding hydrogens is 310 g/mol. The minimum absolute atomic E-state index is 0.0744. The van der Waals surface area contributed by atoms with Crippen molar-refractivity contribution in [2.24, 2.45) is 0 Å². The molecule has 1 aromatic heterocycles. The fourth-order valence-electron chi connectivity index (χ4n) is 2.76. The number of benzene rings is 1. The first kappa shape index (κ1) is 16.5. The normalized spacial score (nSPS) is 17.1. The maximum Gasteiger partial charge on any atom is 0.310 e. The first-order chi connectivity index (χ1) is 11.6. The third kappa shape index (κ3) is 4.14. The monoisotopic (exact) mass is 331 g/mol. The average molecular weight is 331 g/mol. The van der Waals surface area contributed by atoms with E-state index in [1.54, 1.807) is 6.26 Å². The molecule has 1 N–H and O–H groups in total. The van der Waals surface area contributed by atoms with Crippen molar-refractivity contribution < 1.29 is 23.5 Å². The van der Waals surface area contributed by atoms with Crippen LogP contribution in [0.3, 0.4) is 0 Å². The van der Waals surface area contributed by atoms with Crippen molar-refractivity contribution in [2.45, 2.75) is 32.3 Å². The molecule has 1 atom stereocenters. The van der Waals surface area contributed by atoms with Gasteiger partial charge in [-0.3, -0.25) is 9.59 Å². The van der Waals surface area contributed by atoms with E-state index >= 15 is 0 Å². The molecule has 6 nitrogen and oxygen atoms in total. The number of fused-ring (bicyclic) bond motifs is 1. The molecule has 0 radical (unpaired) electrons. The van der Waals surface area contributed by atoms with E-state index in [9.17, 15) is 9.59 Å². The summed E-state index contributed by atoms with van der Waals surface area (Å²) in [5, 5.41) is 3.60. The molecule has 1 amide bonds. The van der Waals surface area contributed by atoms with Crippen LogP contribution in [0.1, 0.15) is 24.0 Å². The minimum Gasteiger partial charge on any atom is -0.464 e. The second kappa shape index (κ2) is 7.49. The summed E-state index contributed by atoms with van der Waals surface area (Å²) in [7, 11) is 0. The van der Waals surface area contributed by atoms with E-state index in [1.807, 2.05) is 25.1 Å². The minimum atomic E-state index is -0.453. The van der Waals surface area contributed by atoms with Gasteiger partial charge < -0.3 is 19.2 Å². The SMILES string of the molecule is Cc1ccc2c(CC(=O)OCC(=O)NC[C@H]3CCCO3)coc2c1. The summed E-state index contributed by atoms with van der Waals surface area (Å²) < 4.78 is 15.9. The van der Waals surface area contributed by atoms with Gasteiger partial charge in [0.05, 0.1) is 18.8 Å². The maximum atomic E-state index is 11.9. The van der Waals surface area contributed by atoms with Gasteiger partial charge >= 0.3 is 5.97 Å². The van der Waals surface area contributed by atoms with E-state index in [0.29, 0.717) is 6.54 Å². The number of furan rings is 1. The Morgan fingerprint density at radius 2 is 2.25 bits per heavy atom. The molecule has 2 aromatic rings. The Balaban J connectivity index is 1.45. The van der Waals surface area contributed by atoms with E-state index < -0.39 is 5.97 Å². The van der Waals surface area contributed by atoms with Crippen LogP contribution in [-0.4, -0.2) is 37.7 Å². The quantitative estimate of drug-likeness (QED) is 0.821. The third-order valence-corrected chi connectivity index (χ3v) is 4.06. The fraction of sp³-hybridized carbons (Fsp3) is 0.444. The second-order valence-corrected chi connectivity index (χ2v) is 6.04. The first-order valence-corrected chi connectivity index (χ1v) is 8.12. The average Bonchev–Trinajstić information content (AvgIpc) is 3.21. The topological polar surface area (TPSA) is 77.8 Å². The summed E-state index contributed by atoms with van der Waals surface area (Å²) in [6, 6.07) is 5.80. The van der Waals surface area contributed by atoms with Crippen molar-refractivity contribution in [2.75, 3.05) is 19.8 Å². The summed E-state index contributed by atoms with van der Waals surface area (Å²) in [4.78, 5) is 23.6. The number of hydrogen-bond acceptors (Lipinski definition) is 5. The lowest BCUT2D eigenvalue weighted by Crippen LogP contribution is -2.35. The largest absolute Gasteiger partial charge is 0.464 e. The summed E-state index contributed by atoms with van der Waals surface area (Å²) in [6.45, 7) is 2.90. The van der Waals surface area contributed by atoms with Crippen LogP contribution >= 0.6 is 0 Å². The molecule has 0 saturated carbocycles. The molecule has 0 bridgehead atoms. The van der Waals surface area contributed by atoms with Gasteiger partial charge in [0.25, 0.3) is 5.91 Å². The molecule has 2 heterocycles. The van der Waals surface area contributed by atoms with Gasteiger partial charge in [-0.2, -0.15) is 0 Å². The standard InChI is InChI=1S/C18H21NO5/c1-12-4-5-15-13(10-23-16(15)7-12)8-18(21)24-11-17(20)19-9-14-3-2-6-22-14/h4-5,7,10,14H,2-3,6,8-9,11H2,1H3,(H,19,20)/t14-/m1/s1. The van der Waals surface area contributed by atoms with E-state index in [2.05, 4.69) is 5.32 Å². The van der Waals surface area contributed by atoms with Gasteiger partial charge in [0.1, 0.15) is 5.58 Å². The smallest absolute Gasteiger partial charge is 0.310 e. The first-order valence-electron chi connectivity index (χ1n) is 8.12. The summed E-state index contributed by atoms with van der Waals surface area (Å²) >= 11 is 0. The number of hydrogen-bond donors (Lipinski definition) is 1. The van der Waals surface area contributed by atoms with Gasteiger partial charge in [-0.1, -0.05) is 12.1 Å². The van der Waals surface area contributed by atoms with Crippen LogP contribution in [0, 0.1) is 6.92 Å². The Labute approximate surface area is 140 Å². The highest BCUT2D eigenvalue weighted by atomic mass is 16.5. The Bertz CT molecular complexity index is 730. The predicted molar refractivity (Wildman–Crippen MR) is 87.6 cm³/mol. The molecule has 24 heavy (non-hydrogen) atoms. The molecule has 0 aliphatic carbocycles. The van der Waals surface area contributed by atoms with E-state index in [0.717, 1.165) is 41.5 Å². The fourth-order valence-corrected chi connectivity index (χ4v) is 2.76. The lowest BCUT2D eigenvalue weighted by molar-refractivity contribution is -0.148. The van der Waals surface area contributed by atoms with Crippen LogP contribution in [0.25, 0.3) is 11.0 Å². The highest BCUT2D eigenvalue weighted by molar-refractivity contribution is 5.87. The van der Waals surface area contributed by atoms with Crippen molar-refractivity contribution in [3.8, 4) is 0 Å². The number of carbonyl (C=O) groups excluding carboxylic acids is 2. The molecule has 0 spiro atoms. The molecule has 1 saturated heterocycles. The van der Waals surface area contributed by atoms with Crippen LogP contribution in [0.4, 0.5) is 0 Å². The van der Waals surface area contributed by atoms with Crippen molar-refractivity contribution >= 4 is 22.8 Å². The van der Waals surface area contributed by atoms with Gasteiger partial charge in [-0.25, -0.2) is 0 Å². The zero-order valence-electron chi connectivity index (χ0n) is 13.7. The van der Waals surface area contributed by atoms with Gasteiger partial charge in [0.2, 0.25) is 0 Å². The Kier molecular flexibility index (Phi) is 5.15. The van der Waals surface area contributed by atoms with E-state index in [1.165, 1.54) is 0 Å². The summed E-state index contributed by atoms with van der Waals surface area (Å²) in [5.41, 5.74) is 2.59. The summed E-state index contributed by atoms with van der Waals surface area (Å²) in [5.74, 6) is -0.767. The number of carbonyl (C=O) groups is 2. The molecule has 128 valence electrons. The molecule has 3 rings (SSSR count). The zero-order valence-corrected chi connectivity index (χ0v) is 13.7. The summed E-state index contributed by atoms with van der Waals surface area (Å²) in [6.07, 6.45) is 3.68. The molecule has 1 aliphatic heterocycles. The van der Waals surface area contributed by atoms with Crippen molar-refractivity contribution in [1.29, 1.82) is 0 Å². The molecule has 6 heteroatoms. The van der Waals surface area contributed by atoms with Crippen LogP contribution in [0.15, 0.2) is 28.9 Å². The van der Waals surface area contributed by atoms with Crippen molar-refractivity contribution in [3.63, 3.8) is 0 Å². The number of nitrogens with one attached hydrogen (secondary N) is 1. The van der Waals surface area contributed by atoms with Crippen molar-refractivity contribution in [1.82, 2.24) is 5.32 Å². The van der Waals surface area contributed by atoms with Gasteiger partial charge in [0, 0.05) is 24.1 Å². The van der Waals surface area contributed by atoms with Crippen LogP contribution in [0.5, 0.6) is 0 Å². The zero-order chi connectivity index (χ0) is 16.9. The highest BCUT2D eigenvalue weighted by Gasteiger charge is 2.17. The number of ether oxygens (including phenoxy) is 2. The molecule has 1 fully saturated rings. The lowest BCUT2D eigenvalue weighted by Gasteiger charge is -2.10. The molecule has 0 unspecified atom stereocenters. The predicted octanol–water partition coefficient (Wildman–Crippen LogP) is 2.12. The molecule has 1 aliphatic rings. The maximum absolute atomic E-state index is 11.9. The van der Waals surface area contributed by atoms with Crippen LogP contribution < -0.4 is 5.32 Å². The van der Waals surface area contributed by atoms with E-state index in [-0.39, 0.29) is 25.0 Å². The molecule has 1 aromatic carbocycles. The number of rotatable bonds is 6. The Morgan fingerprint density at radius 3 is 3.04 bits per heavy atom. The number of amides is 1. The molecular formula is C18H21NO5. The highest BCUT2D eigenvalue weighted by Crippen LogP contribution is 2.22. The second-order valence-electron chi connectivity index (χ2n) is 6.04. The van der Waals surface area contributed by atoms with Crippen LogP contribution in [-0.2, 0) is 25.5 Å². The number of esters is 1. The van der Waals surface area contributed by atoms with E-state index in [4.69, 9.17) is 13.9 Å². The number of aryl methyl sites for hydroxylation is 1. The Hall–Kier alpha value is -2.34. The van der Waals surface area contributed by atoms with Gasteiger partial charge in [-0.05, 0) is 31.4 Å². The lowest BCUT2D eigenvalue weighted by atomic mass is 10.1. The Morgan fingerprint density at radius 1 is 1.38 bits per heavy atom. The van der Waals surface area contributed by atoms with Gasteiger partial charge in [-0.15, -0.1) is 0 Å². The van der Waals surface area contributed by atoms with Gasteiger partial charge in [0.15, 0.2) is 6.61 Å². The van der Waals surface area contributed by atoms with Crippen molar-refractivity contribution in [3.05, 3.63) is 35.6 Å². The third-order valence-electron chi connectivity index (χ3n) is 4.06. The van der Waals surface area contributed by atoms with Crippen LogP contribution in [0.2, 0.25) is 0 Å².